The van der Waals surface area contributed by atoms with Gasteiger partial charge in [-0.05, 0) is 45.1 Å². The number of hydrogen-bond donors (Lipinski definition) is 1. The summed E-state index contributed by atoms with van der Waals surface area (Å²) >= 11 is 0. The minimum atomic E-state index is 0.443. The van der Waals surface area contributed by atoms with E-state index in [1.807, 2.05) is 0 Å². The van der Waals surface area contributed by atoms with Crippen LogP contribution in [0.15, 0.2) is 0 Å². The smallest absolute Gasteiger partial charge is 0.0622 e. The number of nitrogens with one attached hydrogen (secondary N) is 1. The first-order valence-corrected chi connectivity index (χ1v) is 6.58. The van der Waals surface area contributed by atoms with Crippen LogP contribution in [0.3, 0.4) is 0 Å². The highest BCUT2D eigenvalue weighted by atomic mass is 16.5. The summed E-state index contributed by atoms with van der Waals surface area (Å²) in [5, 5.41) is 12.0. The first-order valence-electron chi connectivity index (χ1n) is 6.58. The number of rotatable bonds is 7. The molecule has 0 unspecified atom stereocenters. The van der Waals surface area contributed by atoms with Crippen molar-refractivity contribution in [2.45, 2.75) is 64.0 Å². The van der Waals surface area contributed by atoms with Gasteiger partial charge in [-0.2, -0.15) is 5.26 Å². The molecule has 0 aliphatic heterocycles. The SMILES string of the molecule is CCCNC1CCC(OCCCC#N)CC1. The van der Waals surface area contributed by atoms with Gasteiger partial charge in [-0.25, -0.2) is 0 Å². The van der Waals surface area contributed by atoms with E-state index in [-0.39, 0.29) is 0 Å². The second-order valence-corrected chi connectivity index (χ2v) is 4.56. The van der Waals surface area contributed by atoms with Gasteiger partial charge in [0.1, 0.15) is 0 Å². The molecule has 0 atom stereocenters. The summed E-state index contributed by atoms with van der Waals surface area (Å²) in [6, 6.07) is 2.85. The van der Waals surface area contributed by atoms with Crippen molar-refractivity contribution in [1.82, 2.24) is 5.32 Å². The average Bonchev–Trinajstić information content (AvgIpc) is 2.33. The zero-order valence-corrected chi connectivity index (χ0v) is 10.4. The lowest BCUT2D eigenvalue weighted by Gasteiger charge is -2.29. The van der Waals surface area contributed by atoms with E-state index in [0.29, 0.717) is 18.6 Å². The fourth-order valence-electron chi connectivity index (χ4n) is 2.18. The normalized spacial score (nSPS) is 25.2. The minimum Gasteiger partial charge on any atom is -0.378 e. The molecule has 0 aromatic rings. The van der Waals surface area contributed by atoms with E-state index < -0.39 is 0 Å². The van der Waals surface area contributed by atoms with E-state index in [9.17, 15) is 0 Å². The van der Waals surface area contributed by atoms with E-state index in [1.54, 1.807) is 0 Å². The number of nitrogens with zero attached hydrogens (tertiary/aromatic N) is 1. The molecule has 0 saturated heterocycles. The molecule has 1 saturated carbocycles. The number of nitriles is 1. The van der Waals surface area contributed by atoms with E-state index in [2.05, 4.69) is 18.3 Å². The highest BCUT2D eigenvalue weighted by molar-refractivity contribution is 4.77. The molecule has 0 aromatic heterocycles. The van der Waals surface area contributed by atoms with Crippen LogP contribution in [0.2, 0.25) is 0 Å². The standard InChI is InChI=1S/C13H24N2O/c1-2-10-15-12-5-7-13(8-6-12)16-11-4-3-9-14/h12-13,15H,2-8,10-11H2,1H3. The van der Waals surface area contributed by atoms with Gasteiger partial charge in [-0.1, -0.05) is 6.92 Å². The summed E-state index contributed by atoms with van der Waals surface area (Å²) in [6.07, 6.45) is 7.98. The lowest BCUT2D eigenvalue weighted by Crippen LogP contribution is -2.35. The van der Waals surface area contributed by atoms with Gasteiger partial charge in [0.2, 0.25) is 0 Å². The van der Waals surface area contributed by atoms with Crippen LogP contribution < -0.4 is 5.32 Å². The fraction of sp³-hybridized carbons (Fsp3) is 0.923. The third kappa shape index (κ3) is 5.48. The van der Waals surface area contributed by atoms with Gasteiger partial charge in [0, 0.05) is 19.1 Å². The molecule has 3 nitrogen and oxygen atoms in total. The van der Waals surface area contributed by atoms with Gasteiger partial charge in [-0.3, -0.25) is 0 Å². The first kappa shape index (κ1) is 13.5. The van der Waals surface area contributed by atoms with Crippen LogP contribution in [-0.4, -0.2) is 25.3 Å². The molecular formula is C13H24N2O. The van der Waals surface area contributed by atoms with Crippen LogP contribution in [0, 0.1) is 11.3 Å². The molecular weight excluding hydrogens is 200 g/mol. The topological polar surface area (TPSA) is 45.0 Å². The maximum Gasteiger partial charge on any atom is 0.0622 e. The zero-order chi connectivity index (χ0) is 11.6. The molecule has 0 bridgehead atoms. The second-order valence-electron chi connectivity index (χ2n) is 4.56. The average molecular weight is 224 g/mol. The number of hydrogen-bond acceptors (Lipinski definition) is 3. The summed E-state index contributed by atoms with van der Waals surface area (Å²) in [5.74, 6) is 0. The Bertz CT molecular complexity index is 204. The Kier molecular flexibility index (Phi) is 7.20. The molecule has 0 aromatic carbocycles. The Balaban J connectivity index is 2.01. The molecule has 92 valence electrons. The summed E-state index contributed by atoms with van der Waals surface area (Å²) < 4.78 is 5.76. The molecule has 1 N–H and O–H groups in total. The van der Waals surface area contributed by atoms with Crippen molar-refractivity contribution in [3.8, 4) is 6.07 Å². The molecule has 0 radical (unpaired) electrons. The van der Waals surface area contributed by atoms with Crippen LogP contribution in [0.5, 0.6) is 0 Å². The Morgan fingerprint density at radius 3 is 2.69 bits per heavy atom. The van der Waals surface area contributed by atoms with Crippen LogP contribution in [0.1, 0.15) is 51.9 Å². The van der Waals surface area contributed by atoms with Crippen molar-refractivity contribution in [3.05, 3.63) is 0 Å². The molecule has 0 spiro atoms. The van der Waals surface area contributed by atoms with Gasteiger partial charge in [0.25, 0.3) is 0 Å². The van der Waals surface area contributed by atoms with Gasteiger partial charge in [-0.15, -0.1) is 0 Å². The molecule has 3 heteroatoms. The highest BCUT2D eigenvalue weighted by Gasteiger charge is 2.20. The molecule has 0 heterocycles. The van der Waals surface area contributed by atoms with Crippen molar-refractivity contribution >= 4 is 0 Å². The third-order valence-corrected chi connectivity index (χ3v) is 3.14. The largest absolute Gasteiger partial charge is 0.378 e. The lowest BCUT2D eigenvalue weighted by molar-refractivity contribution is 0.0218. The Morgan fingerprint density at radius 1 is 1.31 bits per heavy atom. The molecule has 1 aliphatic carbocycles. The molecule has 1 aliphatic rings. The van der Waals surface area contributed by atoms with Crippen LogP contribution in [-0.2, 0) is 4.74 Å². The quantitative estimate of drug-likeness (QED) is 0.676. The van der Waals surface area contributed by atoms with E-state index >= 15 is 0 Å². The monoisotopic (exact) mass is 224 g/mol. The Hall–Kier alpha value is -0.590. The van der Waals surface area contributed by atoms with E-state index in [4.69, 9.17) is 10.00 Å². The van der Waals surface area contributed by atoms with E-state index in [1.165, 1.54) is 32.1 Å². The summed E-state index contributed by atoms with van der Waals surface area (Å²) in [5.41, 5.74) is 0. The van der Waals surface area contributed by atoms with Gasteiger partial charge < -0.3 is 10.1 Å². The van der Waals surface area contributed by atoms with Crippen molar-refractivity contribution in [2.24, 2.45) is 0 Å². The lowest BCUT2D eigenvalue weighted by atomic mass is 9.93. The van der Waals surface area contributed by atoms with Crippen molar-refractivity contribution in [3.63, 3.8) is 0 Å². The predicted octanol–water partition coefficient (Wildman–Crippen LogP) is 2.62. The third-order valence-electron chi connectivity index (χ3n) is 3.14. The Morgan fingerprint density at radius 2 is 2.06 bits per heavy atom. The number of unbranched alkanes of at least 4 members (excludes halogenated alkanes) is 1. The Labute approximate surface area is 99.2 Å². The molecule has 1 fully saturated rings. The summed E-state index contributed by atoms with van der Waals surface area (Å²) in [7, 11) is 0. The van der Waals surface area contributed by atoms with Crippen molar-refractivity contribution in [1.29, 1.82) is 5.26 Å². The fourth-order valence-corrected chi connectivity index (χ4v) is 2.18. The van der Waals surface area contributed by atoms with Crippen LogP contribution in [0.4, 0.5) is 0 Å². The maximum absolute atomic E-state index is 8.41. The maximum atomic E-state index is 8.41. The van der Waals surface area contributed by atoms with Crippen molar-refractivity contribution in [2.75, 3.05) is 13.2 Å². The van der Waals surface area contributed by atoms with Gasteiger partial charge >= 0.3 is 0 Å². The first-order chi connectivity index (χ1) is 7.86. The van der Waals surface area contributed by atoms with Crippen molar-refractivity contribution < 1.29 is 4.74 Å². The summed E-state index contributed by atoms with van der Waals surface area (Å²) in [6.45, 7) is 4.10. The molecule has 0 amide bonds. The second kappa shape index (κ2) is 8.55. The highest BCUT2D eigenvalue weighted by Crippen LogP contribution is 2.21. The number of ether oxygens (including phenoxy) is 1. The van der Waals surface area contributed by atoms with Gasteiger partial charge in [0.05, 0.1) is 12.2 Å². The van der Waals surface area contributed by atoms with E-state index in [0.717, 1.165) is 19.6 Å². The summed E-state index contributed by atoms with van der Waals surface area (Å²) in [4.78, 5) is 0. The predicted molar refractivity (Wildman–Crippen MR) is 65.1 cm³/mol. The van der Waals surface area contributed by atoms with Crippen LogP contribution in [0.25, 0.3) is 0 Å². The molecule has 1 rings (SSSR count). The zero-order valence-electron chi connectivity index (χ0n) is 10.4. The molecule has 16 heavy (non-hydrogen) atoms. The van der Waals surface area contributed by atoms with Crippen LogP contribution >= 0.6 is 0 Å². The van der Waals surface area contributed by atoms with Gasteiger partial charge in [0.15, 0.2) is 0 Å². The minimum absolute atomic E-state index is 0.443.